The number of alkyl halides is 3. The van der Waals surface area contributed by atoms with Crippen LogP contribution in [0.25, 0.3) is 0 Å². The zero-order valence-corrected chi connectivity index (χ0v) is 11.3. The van der Waals surface area contributed by atoms with Crippen LogP contribution in [0.4, 0.5) is 18.9 Å². The van der Waals surface area contributed by atoms with E-state index in [1.54, 1.807) is 0 Å². The number of methoxy groups -OCH3 is 1. The molecule has 1 aromatic carbocycles. The molecule has 0 bridgehead atoms. The average Bonchev–Trinajstić information content (AvgIpc) is 2.28. The molecule has 1 unspecified atom stereocenters. The molecule has 20 heavy (non-hydrogen) atoms. The highest BCUT2D eigenvalue weighted by molar-refractivity contribution is 5.94. The van der Waals surface area contributed by atoms with Crippen LogP contribution in [-0.4, -0.2) is 32.0 Å². The lowest BCUT2D eigenvalue weighted by atomic mass is 10.2. The van der Waals surface area contributed by atoms with Gasteiger partial charge in [0, 0.05) is 25.4 Å². The Morgan fingerprint density at radius 2 is 2.10 bits per heavy atom. The lowest BCUT2D eigenvalue weighted by Gasteiger charge is -2.14. The van der Waals surface area contributed by atoms with Gasteiger partial charge in [-0.2, -0.15) is 0 Å². The normalized spacial score (nSPS) is 12.2. The largest absolute Gasteiger partial charge is 0.573 e. The first kappa shape index (κ1) is 18.5. The van der Waals surface area contributed by atoms with Crippen molar-refractivity contribution in [1.82, 2.24) is 0 Å². The van der Waals surface area contributed by atoms with Crippen molar-refractivity contribution >= 4 is 24.0 Å². The van der Waals surface area contributed by atoms with Crippen molar-refractivity contribution in [2.24, 2.45) is 5.73 Å². The molecule has 1 aromatic rings. The van der Waals surface area contributed by atoms with E-state index in [-0.39, 0.29) is 24.6 Å². The van der Waals surface area contributed by atoms with E-state index in [9.17, 15) is 18.0 Å². The molecule has 5 nitrogen and oxygen atoms in total. The van der Waals surface area contributed by atoms with Gasteiger partial charge >= 0.3 is 6.36 Å². The Morgan fingerprint density at radius 3 is 2.60 bits per heavy atom. The van der Waals surface area contributed by atoms with Crippen LogP contribution in [0.2, 0.25) is 0 Å². The minimum absolute atomic E-state index is 0. The van der Waals surface area contributed by atoms with Gasteiger partial charge in [0.05, 0.1) is 0 Å². The molecule has 0 spiro atoms. The lowest BCUT2D eigenvalue weighted by Crippen LogP contribution is -2.35. The number of carbonyl (C=O) groups excluding carboxylic acids is 1. The minimum Gasteiger partial charge on any atom is -0.406 e. The summed E-state index contributed by atoms with van der Waals surface area (Å²) in [4.78, 5) is 11.6. The highest BCUT2D eigenvalue weighted by atomic mass is 35.5. The number of nitrogens with one attached hydrogen (secondary N) is 1. The van der Waals surface area contributed by atoms with Crippen LogP contribution in [0.5, 0.6) is 5.75 Å². The summed E-state index contributed by atoms with van der Waals surface area (Å²) in [5, 5.41) is 2.38. The van der Waals surface area contributed by atoms with Gasteiger partial charge in [0.15, 0.2) is 0 Å². The van der Waals surface area contributed by atoms with Gasteiger partial charge in [-0.15, -0.1) is 25.6 Å². The number of amides is 1. The maximum Gasteiger partial charge on any atom is 0.573 e. The van der Waals surface area contributed by atoms with Crippen molar-refractivity contribution in [3.05, 3.63) is 24.3 Å². The maximum atomic E-state index is 12.0. The first-order valence-corrected chi connectivity index (χ1v) is 5.25. The smallest absolute Gasteiger partial charge is 0.406 e. The standard InChI is InChI=1S/C11H13F3N2O3.ClH/c1-18-9(6-15)10(17)16-7-3-2-4-8(5-7)19-11(12,13)14;/h2-5,9H,6,15H2,1H3,(H,16,17);1H. The Bertz CT molecular complexity index is 439. The first-order chi connectivity index (χ1) is 8.85. The fraction of sp³-hybridized carbons (Fsp3) is 0.364. The number of nitrogens with two attached hydrogens (primary N) is 1. The van der Waals surface area contributed by atoms with Crippen molar-refractivity contribution < 1.29 is 27.4 Å². The zero-order chi connectivity index (χ0) is 14.5. The molecule has 0 saturated carbocycles. The van der Waals surface area contributed by atoms with Gasteiger partial charge in [-0.3, -0.25) is 4.79 Å². The summed E-state index contributed by atoms with van der Waals surface area (Å²) in [6, 6.07) is 4.92. The van der Waals surface area contributed by atoms with Gasteiger partial charge in [-0.25, -0.2) is 0 Å². The fourth-order valence-electron chi connectivity index (χ4n) is 1.30. The van der Waals surface area contributed by atoms with Crippen molar-refractivity contribution in [3.8, 4) is 5.75 Å². The number of halogens is 4. The number of anilines is 1. The van der Waals surface area contributed by atoms with Crippen molar-refractivity contribution in [2.45, 2.75) is 12.5 Å². The van der Waals surface area contributed by atoms with Crippen LogP contribution < -0.4 is 15.8 Å². The summed E-state index contributed by atoms with van der Waals surface area (Å²) in [5.41, 5.74) is 5.45. The molecule has 114 valence electrons. The molecular weight excluding hydrogens is 301 g/mol. The number of carbonyl (C=O) groups is 1. The van der Waals surface area contributed by atoms with E-state index in [4.69, 9.17) is 10.5 Å². The number of hydrogen-bond acceptors (Lipinski definition) is 4. The summed E-state index contributed by atoms with van der Waals surface area (Å²) in [6.45, 7) is -0.0406. The van der Waals surface area contributed by atoms with Crippen LogP contribution >= 0.6 is 12.4 Å². The third kappa shape index (κ3) is 6.09. The minimum atomic E-state index is -4.78. The quantitative estimate of drug-likeness (QED) is 0.871. The number of benzene rings is 1. The number of rotatable bonds is 5. The molecule has 0 radical (unpaired) electrons. The van der Waals surface area contributed by atoms with Crippen LogP contribution in [0.3, 0.4) is 0 Å². The molecule has 1 atom stereocenters. The van der Waals surface area contributed by atoms with E-state index in [2.05, 4.69) is 10.1 Å². The zero-order valence-electron chi connectivity index (χ0n) is 10.4. The fourth-order valence-corrected chi connectivity index (χ4v) is 1.30. The third-order valence-corrected chi connectivity index (χ3v) is 2.13. The SMILES string of the molecule is COC(CN)C(=O)Nc1cccc(OC(F)(F)F)c1.Cl. The highest BCUT2D eigenvalue weighted by Gasteiger charge is 2.31. The summed E-state index contributed by atoms with van der Waals surface area (Å²) in [6.07, 6.45) is -5.65. The average molecular weight is 315 g/mol. The van der Waals surface area contributed by atoms with E-state index in [1.807, 2.05) is 0 Å². The van der Waals surface area contributed by atoms with Gasteiger partial charge in [0.2, 0.25) is 0 Å². The predicted octanol–water partition coefficient (Wildman–Crippen LogP) is 1.92. The van der Waals surface area contributed by atoms with Gasteiger partial charge in [0.1, 0.15) is 11.9 Å². The molecule has 0 heterocycles. The maximum absolute atomic E-state index is 12.0. The topological polar surface area (TPSA) is 73.6 Å². The van der Waals surface area contributed by atoms with Gasteiger partial charge in [-0.1, -0.05) is 6.07 Å². The Hall–Kier alpha value is -1.51. The summed E-state index contributed by atoms with van der Waals surface area (Å²) < 4.78 is 44.6. The van der Waals surface area contributed by atoms with E-state index >= 15 is 0 Å². The Balaban J connectivity index is 0.00000361. The van der Waals surface area contributed by atoms with E-state index < -0.39 is 24.1 Å². The Morgan fingerprint density at radius 1 is 1.45 bits per heavy atom. The Labute approximate surface area is 119 Å². The summed E-state index contributed by atoms with van der Waals surface area (Å²) in [5.74, 6) is -0.971. The van der Waals surface area contributed by atoms with Crippen LogP contribution in [0.1, 0.15) is 0 Å². The molecule has 0 fully saturated rings. The molecule has 0 saturated heterocycles. The summed E-state index contributed by atoms with van der Waals surface area (Å²) in [7, 11) is 1.31. The molecule has 1 rings (SSSR count). The van der Waals surface area contributed by atoms with Crippen LogP contribution in [-0.2, 0) is 9.53 Å². The highest BCUT2D eigenvalue weighted by Crippen LogP contribution is 2.25. The Kier molecular flexibility index (Phi) is 7.33. The van der Waals surface area contributed by atoms with E-state index in [0.717, 1.165) is 12.1 Å². The molecule has 0 aliphatic heterocycles. The molecule has 1 amide bonds. The van der Waals surface area contributed by atoms with Gasteiger partial charge < -0.3 is 20.5 Å². The first-order valence-electron chi connectivity index (χ1n) is 5.25. The van der Waals surface area contributed by atoms with E-state index in [0.29, 0.717) is 0 Å². The monoisotopic (exact) mass is 314 g/mol. The molecule has 0 aromatic heterocycles. The molecule has 0 aliphatic carbocycles. The number of ether oxygens (including phenoxy) is 2. The van der Waals surface area contributed by atoms with Gasteiger partial charge in [0.25, 0.3) is 5.91 Å². The molecule has 9 heteroatoms. The third-order valence-electron chi connectivity index (χ3n) is 2.13. The lowest BCUT2D eigenvalue weighted by molar-refractivity contribution is -0.274. The van der Waals surface area contributed by atoms with Crippen molar-refractivity contribution in [1.29, 1.82) is 0 Å². The molecular formula is C11H14ClF3N2O3. The summed E-state index contributed by atoms with van der Waals surface area (Å²) >= 11 is 0. The second kappa shape index (κ2) is 7.93. The van der Waals surface area contributed by atoms with Crippen molar-refractivity contribution in [3.63, 3.8) is 0 Å². The second-order valence-electron chi connectivity index (χ2n) is 3.52. The van der Waals surface area contributed by atoms with Gasteiger partial charge in [-0.05, 0) is 12.1 Å². The number of hydrogen-bond donors (Lipinski definition) is 2. The molecule has 3 N–H and O–H groups in total. The van der Waals surface area contributed by atoms with Crippen LogP contribution in [0.15, 0.2) is 24.3 Å². The van der Waals surface area contributed by atoms with Crippen molar-refractivity contribution in [2.75, 3.05) is 19.0 Å². The van der Waals surface area contributed by atoms with E-state index in [1.165, 1.54) is 19.2 Å². The predicted molar refractivity (Wildman–Crippen MR) is 68.9 cm³/mol. The molecule has 0 aliphatic rings. The van der Waals surface area contributed by atoms with Crippen LogP contribution in [0, 0.1) is 0 Å². The second-order valence-corrected chi connectivity index (χ2v) is 3.52.